The van der Waals surface area contributed by atoms with Crippen LogP contribution in [0.4, 0.5) is 11.4 Å². The van der Waals surface area contributed by atoms with Crippen molar-refractivity contribution in [2.75, 3.05) is 11.9 Å². The van der Waals surface area contributed by atoms with Crippen molar-refractivity contribution in [1.29, 1.82) is 0 Å². The molecular formula is C15H15N3O7S2. The Morgan fingerprint density at radius 3 is 2.59 bits per heavy atom. The number of nitro groups is 1. The summed E-state index contributed by atoms with van der Waals surface area (Å²) < 4.78 is 30.8. The zero-order valence-corrected chi connectivity index (χ0v) is 15.6. The van der Waals surface area contributed by atoms with Crippen LogP contribution in [0.3, 0.4) is 0 Å². The molecule has 1 atom stereocenters. The number of nitrogens with zero attached hydrogens (tertiary/aromatic N) is 1. The summed E-state index contributed by atoms with van der Waals surface area (Å²) >= 11 is 0.983. The molecule has 2 N–H and O–H groups in total. The Labute approximate surface area is 158 Å². The summed E-state index contributed by atoms with van der Waals surface area (Å²) in [6.07, 6.45) is -1.29. The molecule has 0 saturated carbocycles. The number of esters is 1. The number of amides is 1. The van der Waals surface area contributed by atoms with Crippen LogP contribution in [0.2, 0.25) is 0 Å². The lowest BCUT2D eigenvalue weighted by Gasteiger charge is -2.13. The van der Waals surface area contributed by atoms with Crippen molar-refractivity contribution in [2.24, 2.45) is 0 Å². The second-order valence-corrected chi connectivity index (χ2v) is 8.09. The molecular weight excluding hydrogens is 398 g/mol. The van der Waals surface area contributed by atoms with Crippen LogP contribution >= 0.6 is 11.3 Å². The zero-order valence-electron chi connectivity index (χ0n) is 13.9. The molecule has 10 nitrogen and oxygen atoms in total. The van der Waals surface area contributed by atoms with Gasteiger partial charge in [-0.3, -0.25) is 19.7 Å². The van der Waals surface area contributed by atoms with E-state index in [-0.39, 0.29) is 15.6 Å². The van der Waals surface area contributed by atoms with E-state index >= 15 is 0 Å². The quantitative estimate of drug-likeness (QED) is 0.379. The Bertz CT molecular complexity index is 942. The van der Waals surface area contributed by atoms with E-state index in [2.05, 4.69) is 10.0 Å². The van der Waals surface area contributed by atoms with Crippen molar-refractivity contribution in [3.8, 4) is 0 Å². The average Bonchev–Trinajstić information content (AvgIpc) is 3.16. The van der Waals surface area contributed by atoms with Crippen LogP contribution in [0, 0.1) is 10.1 Å². The predicted octanol–water partition coefficient (Wildman–Crippen LogP) is 1.50. The first-order chi connectivity index (χ1) is 12.7. The monoisotopic (exact) mass is 413 g/mol. The van der Waals surface area contributed by atoms with Gasteiger partial charge in [0.15, 0.2) is 6.10 Å². The molecule has 1 amide bonds. The fraction of sp³-hybridized carbons (Fsp3) is 0.200. The number of carbonyl (C=O) groups is 2. The number of thiophene rings is 1. The van der Waals surface area contributed by atoms with Gasteiger partial charge >= 0.3 is 5.97 Å². The smallest absolute Gasteiger partial charge is 0.321 e. The summed E-state index contributed by atoms with van der Waals surface area (Å²) in [5.41, 5.74) is -0.359. The molecule has 0 bridgehead atoms. The number of anilines is 1. The standard InChI is InChI=1S/C15H15N3O7S2/c1-10(15(20)17-11-5-2-3-6-12(11)18(21)22)25-13(19)9-16-27(23,24)14-7-4-8-26-14/h2-8,10,16H,9H2,1H3,(H,17,20). The molecule has 1 aromatic carbocycles. The molecule has 12 heteroatoms. The lowest BCUT2D eigenvalue weighted by molar-refractivity contribution is -0.383. The number of benzene rings is 1. The highest BCUT2D eigenvalue weighted by atomic mass is 32.2. The van der Waals surface area contributed by atoms with Crippen LogP contribution in [0.15, 0.2) is 46.0 Å². The third-order valence-corrected chi connectivity index (χ3v) is 6.00. The molecule has 144 valence electrons. The summed E-state index contributed by atoms with van der Waals surface area (Å²) in [5, 5.41) is 14.8. The predicted molar refractivity (Wildman–Crippen MR) is 96.8 cm³/mol. The van der Waals surface area contributed by atoms with E-state index in [0.717, 1.165) is 11.3 Å². The minimum absolute atomic E-state index is 0.0393. The highest BCUT2D eigenvalue weighted by molar-refractivity contribution is 7.91. The summed E-state index contributed by atoms with van der Waals surface area (Å²) in [6, 6.07) is 8.41. The van der Waals surface area contributed by atoms with Gasteiger partial charge in [-0.1, -0.05) is 18.2 Å². The van der Waals surface area contributed by atoms with Gasteiger partial charge in [-0.2, -0.15) is 4.72 Å². The summed E-state index contributed by atoms with van der Waals surface area (Å²) in [7, 11) is -3.84. The van der Waals surface area contributed by atoms with E-state index in [1.807, 2.05) is 0 Å². The van der Waals surface area contributed by atoms with Crippen molar-refractivity contribution in [3.63, 3.8) is 0 Å². The minimum Gasteiger partial charge on any atom is -0.452 e. The molecule has 2 aromatic rings. The van der Waals surface area contributed by atoms with Gasteiger partial charge in [-0.25, -0.2) is 8.42 Å². The summed E-state index contributed by atoms with van der Waals surface area (Å²) in [4.78, 5) is 34.1. The van der Waals surface area contributed by atoms with E-state index in [4.69, 9.17) is 4.74 Å². The molecule has 0 spiro atoms. The maximum absolute atomic E-state index is 12.1. The first-order valence-corrected chi connectivity index (χ1v) is 9.84. The second kappa shape index (κ2) is 8.70. The van der Waals surface area contributed by atoms with Gasteiger partial charge in [0.25, 0.3) is 21.6 Å². The molecule has 27 heavy (non-hydrogen) atoms. The molecule has 1 unspecified atom stereocenters. The number of hydrogen-bond acceptors (Lipinski definition) is 8. The number of sulfonamides is 1. The molecule has 0 saturated heterocycles. The first-order valence-electron chi connectivity index (χ1n) is 7.47. The third kappa shape index (κ3) is 5.57. The van der Waals surface area contributed by atoms with Crippen molar-refractivity contribution >= 4 is 44.6 Å². The van der Waals surface area contributed by atoms with E-state index in [0.29, 0.717) is 0 Å². The Hall–Kier alpha value is -2.83. The molecule has 0 aliphatic rings. The van der Waals surface area contributed by atoms with Crippen LogP contribution < -0.4 is 10.0 Å². The van der Waals surface area contributed by atoms with Crippen LogP contribution in [0.1, 0.15) is 6.92 Å². The third-order valence-electron chi connectivity index (χ3n) is 3.20. The maximum Gasteiger partial charge on any atom is 0.321 e. The molecule has 1 aromatic heterocycles. The SMILES string of the molecule is CC(OC(=O)CNS(=O)(=O)c1cccs1)C(=O)Nc1ccccc1[N+](=O)[O-]. The summed E-state index contributed by atoms with van der Waals surface area (Å²) in [6.45, 7) is 0.596. The molecule has 0 fully saturated rings. The second-order valence-electron chi connectivity index (χ2n) is 5.15. The number of carbonyl (C=O) groups excluding carboxylic acids is 2. The summed E-state index contributed by atoms with van der Waals surface area (Å²) in [5.74, 6) is -1.76. The van der Waals surface area contributed by atoms with Crippen molar-refractivity contribution in [2.45, 2.75) is 17.2 Å². The normalized spacial score (nSPS) is 12.2. The number of rotatable bonds is 8. The number of nitro benzene ring substituents is 1. The largest absolute Gasteiger partial charge is 0.452 e. The molecule has 0 aliphatic heterocycles. The van der Waals surface area contributed by atoms with Crippen molar-refractivity contribution in [3.05, 3.63) is 51.9 Å². The fourth-order valence-electron chi connectivity index (χ4n) is 1.91. The zero-order chi connectivity index (χ0) is 20.0. The molecule has 1 heterocycles. The average molecular weight is 413 g/mol. The van der Waals surface area contributed by atoms with Gasteiger partial charge in [0.1, 0.15) is 16.4 Å². The lowest BCUT2D eigenvalue weighted by atomic mass is 10.2. The molecule has 0 radical (unpaired) electrons. The number of hydrogen-bond donors (Lipinski definition) is 2. The van der Waals surface area contributed by atoms with Crippen LogP contribution in [-0.4, -0.2) is 37.9 Å². The fourth-order valence-corrected chi connectivity index (χ4v) is 3.91. The number of ether oxygens (including phenoxy) is 1. The van der Waals surface area contributed by atoms with Gasteiger partial charge in [0.2, 0.25) is 0 Å². The first kappa shape index (κ1) is 20.5. The van der Waals surface area contributed by atoms with Crippen molar-refractivity contribution < 1.29 is 27.7 Å². The Kier molecular flexibility index (Phi) is 6.60. The van der Waals surface area contributed by atoms with E-state index in [1.54, 1.807) is 11.4 Å². The number of para-hydroxylation sites is 2. The Morgan fingerprint density at radius 2 is 1.96 bits per heavy atom. The van der Waals surface area contributed by atoms with Crippen LogP contribution in [0.5, 0.6) is 0 Å². The molecule has 2 rings (SSSR count). The van der Waals surface area contributed by atoms with Crippen molar-refractivity contribution in [1.82, 2.24) is 4.72 Å². The van der Waals surface area contributed by atoms with Crippen LogP contribution in [-0.2, 0) is 24.3 Å². The highest BCUT2D eigenvalue weighted by Gasteiger charge is 2.23. The number of nitrogens with one attached hydrogen (secondary N) is 2. The Morgan fingerprint density at radius 1 is 1.26 bits per heavy atom. The van der Waals surface area contributed by atoms with E-state index < -0.39 is 39.5 Å². The Balaban J connectivity index is 1.91. The van der Waals surface area contributed by atoms with Gasteiger partial charge in [0, 0.05) is 6.07 Å². The minimum atomic E-state index is -3.84. The van der Waals surface area contributed by atoms with E-state index in [9.17, 15) is 28.1 Å². The van der Waals surface area contributed by atoms with Gasteiger partial charge in [-0.05, 0) is 24.4 Å². The van der Waals surface area contributed by atoms with E-state index in [1.165, 1.54) is 37.3 Å². The maximum atomic E-state index is 12.1. The molecule has 0 aliphatic carbocycles. The van der Waals surface area contributed by atoms with Gasteiger partial charge in [-0.15, -0.1) is 11.3 Å². The lowest BCUT2D eigenvalue weighted by Crippen LogP contribution is -2.35. The highest BCUT2D eigenvalue weighted by Crippen LogP contribution is 2.23. The topological polar surface area (TPSA) is 145 Å². The van der Waals surface area contributed by atoms with Gasteiger partial charge < -0.3 is 10.1 Å². The van der Waals surface area contributed by atoms with Gasteiger partial charge in [0.05, 0.1) is 4.92 Å². The van der Waals surface area contributed by atoms with Crippen LogP contribution in [0.25, 0.3) is 0 Å².